The third-order valence-electron chi connectivity index (χ3n) is 2.21. The third kappa shape index (κ3) is 1.58. The van der Waals surface area contributed by atoms with Crippen molar-refractivity contribution in [1.82, 2.24) is 4.98 Å². The topological polar surface area (TPSA) is 12.9 Å². The average molecular weight is 226 g/mol. The fourth-order valence-corrected chi connectivity index (χ4v) is 2.10. The molecule has 14 heavy (non-hydrogen) atoms. The molecule has 1 heterocycles. The van der Waals surface area contributed by atoms with Crippen LogP contribution in [0.4, 0.5) is 0 Å². The first kappa shape index (κ1) is 9.75. The molecule has 0 aliphatic carbocycles. The van der Waals surface area contributed by atoms with E-state index in [2.05, 4.69) is 11.9 Å². The van der Waals surface area contributed by atoms with Gasteiger partial charge in [-0.1, -0.05) is 30.1 Å². The van der Waals surface area contributed by atoms with Crippen LogP contribution < -0.4 is 0 Å². The van der Waals surface area contributed by atoms with Crippen molar-refractivity contribution in [1.29, 1.82) is 0 Å². The smallest absolute Gasteiger partial charge is 0.0500 e. The van der Waals surface area contributed by atoms with E-state index in [1.165, 1.54) is 0 Å². The van der Waals surface area contributed by atoms with Gasteiger partial charge in [0, 0.05) is 32.7 Å². The largest absolute Gasteiger partial charge is 0.261 e. The number of hydrogen-bond donors (Lipinski definition) is 0. The number of aryl methyl sites for hydroxylation is 1. The average Bonchev–Trinajstić information content (AvgIpc) is 2.17. The highest BCUT2D eigenvalue weighted by Crippen LogP contribution is 2.29. The Morgan fingerprint density at radius 2 is 2.00 bits per heavy atom. The number of pyridine rings is 1. The minimum absolute atomic E-state index is 0.658. The van der Waals surface area contributed by atoms with Gasteiger partial charge < -0.3 is 0 Å². The van der Waals surface area contributed by atoms with E-state index < -0.39 is 0 Å². The predicted octanol–water partition coefficient (Wildman–Crippen LogP) is 4.10. The van der Waals surface area contributed by atoms with Crippen LogP contribution >= 0.6 is 23.2 Å². The van der Waals surface area contributed by atoms with Gasteiger partial charge in [-0.3, -0.25) is 4.98 Å². The van der Waals surface area contributed by atoms with Gasteiger partial charge in [0.05, 0.1) is 0 Å². The number of aromatic nitrogens is 1. The lowest BCUT2D eigenvalue weighted by Gasteiger charge is -2.05. The molecular weight excluding hydrogens is 217 g/mol. The first-order chi connectivity index (χ1) is 6.72. The molecule has 2 aromatic rings. The molecule has 0 radical (unpaired) electrons. The maximum Gasteiger partial charge on any atom is 0.0500 e. The molecular formula is C11H9Cl2N. The first-order valence-corrected chi connectivity index (χ1v) is 5.20. The van der Waals surface area contributed by atoms with E-state index in [1.807, 2.05) is 12.1 Å². The van der Waals surface area contributed by atoms with Crippen molar-refractivity contribution in [2.75, 3.05) is 0 Å². The summed E-state index contributed by atoms with van der Waals surface area (Å²) in [6.07, 6.45) is 2.66. The molecule has 2 rings (SSSR count). The molecule has 0 unspecified atom stereocenters. The molecule has 0 aliphatic heterocycles. The van der Waals surface area contributed by atoms with Crippen LogP contribution in [-0.4, -0.2) is 4.98 Å². The Morgan fingerprint density at radius 1 is 1.21 bits per heavy atom. The monoisotopic (exact) mass is 225 g/mol. The predicted molar refractivity (Wildman–Crippen MR) is 61.1 cm³/mol. The standard InChI is InChI=1S/C11H9Cl2N/c1-2-11-9-5-7(12)6-10(13)8(9)3-4-14-11/h3-6H,2H2,1H3. The summed E-state index contributed by atoms with van der Waals surface area (Å²) in [6, 6.07) is 5.58. The molecule has 1 nitrogen and oxygen atoms in total. The Labute approximate surface area is 92.7 Å². The van der Waals surface area contributed by atoms with E-state index in [0.717, 1.165) is 22.9 Å². The molecule has 0 aliphatic rings. The van der Waals surface area contributed by atoms with Crippen molar-refractivity contribution in [2.24, 2.45) is 0 Å². The van der Waals surface area contributed by atoms with E-state index in [-0.39, 0.29) is 0 Å². The van der Waals surface area contributed by atoms with Gasteiger partial charge in [-0.25, -0.2) is 0 Å². The van der Waals surface area contributed by atoms with Gasteiger partial charge in [-0.2, -0.15) is 0 Å². The summed E-state index contributed by atoms with van der Waals surface area (Å²) in [4.78, 5) is 4.29. The van der Waals surface area contributed by atoms with Crippen molar-refractivity contribution >= 4 is 34.0 Å². The van der Waals surface area contributed by atoms with Gasteiger partial charge in [-0.15, -0.1) is 0 Å². The Bertz CT molecular complexity index is 480. The zero-order chi connectivity index (χ0) is 10.1. The molecule has 0 N–H and O–H groups in total. The Kier molecular flexibility index (Phi) is 2.62. The molecule has 1 aromatic heterocycles. The van der Waals surface area contributed by atoms with Crippen molar-refractivity contribution in [3.8, 4) is 0 Å². The maximum absolute atomic E-state index is 6.08. The van der Waals surface area contributed by atoms with Crippen LogP contribution in [0.5, 0.6) is 0 Å². The minimum Gasteiger partial charge on any atom is -0.261 e. The van der Waals surface area contributed by atoms with Crippen LogP contribution in [0.25, 0.3) is 10.8 Å². The second-order valence-corrected chi connectivity index (χ2v) is 3.94. The van der Waals surface area contributed by atoms with E-state index in [1.54, 1.807) is 12.3 Å². The highest BCUT2D eigenvalue weighted by Gasteiger charge is 2.05. The van der Waals surface area contributed by atoms with Crippen molar-refractivity contribution < 1.29 is 0 Å². The van der Waals surface area contributed by atoms with Gasteiger partial charge in [0.2, 0.25) is 0 Å². The summed E-state index contributed by atoms with van der Waals surface area (Å²) in [5.74, 6) is 0. The van der Waals surface area contributed by atoms with Crippen LogP contribution in [0.1, 0.15) is 12.6 Å². The van der Waals surface area contributed by atoms with Gasteiger partial charge in [0.1, 0.15) is 0 Å². The highest BCUT2D eigenvalue weighted by molar-refractivity contribution is 6.38. The minimum atomic E-state index is 0.658. The van der Waals surface area contributed by atoms with Crippen LogP contribution in [0.15, 0.2) is 24.4 Å². The SMILES string of the molecule is CCc1nccc2c(Cl)cc(Cl)cc12. The number of halogens is 2. The van der Waals surface area contributed by atoms with E-state index >= 15 is 0 Å². The highest BCUT2D eigenvalue weighted by atomic mass is 35.5. The van der Waals surface area contributed by atoms with Crippen molar-refractivity contribution in [2.45, 2.75) is 13.3 Å². The van der Waals surface area contributed by atoms with Crippen LogP contribution in [0, 0.1) is 0 Å². The maximum atomic E-state index is 6.08. The third-order valence-corrected chi connectivity index (χ3v) is 2.74. The Morgan fingerprint density at radius 3 is 2.71 bits per heavy atom. The quantitative estimate of drug-likeness (QED) is 0.713. The number of benzene rings is 1. The summed E-state index contributed by atoms with van der Waals surface area (Å²) < 4.78 is 0. The fraction of sp³-hybridized carbons (Fsp3) is 0.182. The number of fused-ring (bicyclic) bond motifs is 1. The summed E-state index contributed by atoms with van der Waals surface area (Å²) in [5.41, 5.74) is 1.03. The van der Waals surface area contributed by atoms with Gasteiger partial charge >= 0.3 is 0 Å². The Hall–Kier alpha value is -0.790. The molecule has 72 valence electrons. The van der Waals surface area contributed by atoms with Gasteiger partial charge in [-0.05, 0) is 24.6 Å². The lowest BCUT2D eigenvalue weighted by atomic mass is 10.1. The lowest BCUT2D eigenvalue weighted by Crippen LogP contribution is -1.88. The normalized spacial score (nSPS) is 10.8. The molecule has 3 heteroatoms. The zero-order valence-corrected chi connectivity index (χ0v) is 9.23. The molecule has 0 fully saturated rings. The summed E-state index contributed by atoms with van der Waals surface area (Å²) in [5, 5.41) is 3.41. The summed E-state index contributed by atoms with van der Waals surface area (Å²) in [7, 11) is 0. The number of nitrogens with zero attached hydrogens (tertiary/aromatic N) is 1. The lowest BCUT2D eigenvalue weighted by molar-refractivity contribution is 1.06. The molecule has 0 atom stereocenters. The Balaban J connectivity index is 2.86. The molecule has 0 saturated carbocycles. The second-order valence-electron chi connectivity index (χ2n) is 3.09. The first-order valence-electron chi connectivity index (χ1n) is 4.45. The molecule has 0 bridgehead atoms. The van der Waals surface area contributed by atoms with Crippen molar-refractivity contribution in [3.05, 3.63) is 40.1 Å². The van der Waals surface area contributed by atoms with Crippen LogP contribution in [0.2, 0.25) is 10.0 Å². The molecule has 0 amide bonds. The van der Waals surface area contributed by atoms with Gasteiger partial charge in [0.25, 0.3) is 0 Å². The summed E-state index contributed by atoms with van der Waals surface area (Å²) >= 11 is 12.0. The van der Waals surface area contributed by atoms with E-state index in [4.69, 9.17) is 23.2 Å². The van der Waals surface area contributed by atoms with E-state index in [0.29, 0.717) is 10.0 Å². The molecule has 0 saturated heterocycles. The summed E-state index contributed by atoms with van der Waals surface area (Å²) in [6.45, 7) is 2.07. The second kappa shape index (κ2) is 3.76. The van der Waals surface area contributed by atoms with Crippen LogP contribution in [0.3, 0.4) is 0 Å². The number of rotatable bonds is 1. The zero-order valence-electron chi connectivity index (χ0n) is 7.72. The van der Waals surface area contributed by atoms with Crippen LogP contribution in [-0.2, 0) is 6.42 Å². The van der Waals surface area contributed by atoms with E-state index in [9.17, 15) is 0 Å². The number of hydrogen-bond acceptors (Lipinski definition) is 1. The van der Waals surface area contributed by atoms with Crippen molar-refractivity contribution in [3.63, 3.8) is 0 Å². The fourth-order valence-electron chi connectivity index (χ4n) is 1.55. The van der Waals surface area contributed by atoms with Gasteiger partial charge in [0.15, 0.2) is 0 Å². The molecule has 0 spiro atoms. The molecule has 1 aromatic carbocycles.